The largest absolute Gasteiger partial charge is 0.494 e. The van der Waals surface area contributed by atoms with E-state index in [1.165, 1.54) is 24.1 Å². The summed E-state index contributed by atoms with van der Waals surface area (Å²) in [5.74, 6) is 2.45. The zero-order valence-corrected chi connectivity index (χ0v) is 14.8. The first kappa shape index (κ1) is 16.2. The fourth-order valence-corrected chi connectivity index (χ4v) is 3.29. The molecular formula is C18H24ClN3O. The molecule has 4 nitrogen and oxygen atoms in total. The highest BCUT2D eigenvalue weighted by molar-refractivity contribution is 6.30. The summed E-state index contributed by atoms with van der Waals surface area (Å²) in [4.78, 5) is 0. The van der Waals surface area contributed by atoms with Crippen molar-refractivity contribution in [1.82, 2.24) is 9.78 Å². The number of nitrogens with one attached hydrogen (secondary N) is 1. The van der Waals surface area contributed by atoms with Gasteiger partial charge >= 0.3 is 0 Å². The predicted octanol–water partition coefficient (Wildman–Crippen LogP) is 4.48. The summed E-state index contributed by atoms with van der Waals surface area (Å²) in [6.45, 7) is 5.44. The Balaban J connectivity index is 2.15. The van der Waals surface area contributed by atoms with Gasteiger partial charge in [-0.15, -0.1) is 0 Å². The highest BCUT2D eigenvalue weighted by atomic mass is 35.5. The summed E-state index contributed by atoms with van der Waals surface area (Å²) < 4.78 is 7.50. The van der Waals surface area contributed by atoms with Gasteiger partial charge in [0.25, 0.3) is 0 Å². The van der Waals surface area contributed by atoms with Crippen molar-refractivity contribution >= 4 is 17.4 Å². The van der Waals surface area contributed by atoms with Crippen LogP contribution in [-0.2, 0) is 12.8 Å². The molecule has 1 aliphatic rings. The Morgan fingerprint density at radius 3 is 2.91 bits per heavy atom. The second kappa shape index (κ2) is 6.83. The van der Waals surface area contributed by atoms with Gasteiger partial charge in [0.15, 0.2) is 0 Å². The number of ether oxygens (including phenoxy) is 1. The van der Waals surface area contributed by atoms with Crippen molar-refractivity contribution in [2.24, 2.45) is 5.92 Å². The molecule has 1 aromatic carbocycles. The number of nitrogens with zero attached hydrogens (tertiary/aromatic N) is 2. The number of anilines is 1. The molecule has 124 valence electrons. The molecule has 0 saturated carbocycles. The molecule has 1 aromatic heterocycles. The smallest absolute Gasteiger partial charge is 0.144 e. The molecule has 1 aliphatic heterocycles. The lowest BCUT2D eigenvalue weighted by Crippen LogP contribution is -2.08. The van der Waals surface area contributed by atoms with Crippen molar-refractivity contribution in [2.75, 3.05) is 19.0 Å². The number of methoxy groups -OCH3 is 1. The van der Waals surface area contributed by atoms with Gasteiger partial charge in [0, 0.05) is 17.1 Å². The van der Waals surface area contributed by atoms with Crippen LogP contribution in [0.1, 0.15) is 37.9 Å². The molecule has 0 amide bonds. The molecule has 0 bridgehead atoms. The third kappa shape index (κ3) is 3.32. The second-order valence-corrected chi connectivity index (χ2v) is 6.92. The van der Waals surface area contributed by atoms with E-state index < -0.39 is 0 Å². The zero-order valence-electron chi connectivity index (χ0n) is 14.0. The molecule has 0 spiro atoms. The fourth-order valence-electron chi connectivity index (χ4n) is 3.13. The molecule has 1 N–H and O–H groups in total. The number of halogens is 1. The minimum absolute atomic E-state index is 0.576. The lowest BCUT2D eigenvalue weighted by atomic mass is 10.0. The lowest BCUT2D eigenvalue weighted by molar-refractivity contribution is 0.411. The number of hydrogen-bond acceptors (Lipinski definition) is 3. The van der Waals surface area contributed by atoms with Gasteiger partial charge < -0.3 is 10.1 Å². The number of rotatable bonds is 4. The van der Waals surface area contributed by atoms with Crippen LogP contribution in [0.2, 0.25) is 5.02 Å². The van der Waals surface area contributed by atoms with Crippen molar-refractivity contribution in [3.05, 3.63) is 34.5 Å². The van der Waals surface area contributed by atoms with Crippen molar-refractivity contribution < 1.29 is 4.74 Å². The van der Waals surface area contributed by atoms with Crippen LogP contribution in [-0.4, -0.2) is 23.4 Å². The Morgan fingerprint density at radius 1 is 1.35 bits per heavy atom. The predicted molar refractivity (Wildman–Crippen MR) is 95.1 cm³/mol. The quantitative estimate of drug-likeness (QED) is 0.896. The topological polar surface area (TPSA) is 39.1 Å². The van der Waals surface area contributed by atoms with E-state index in [2.05, 4.69) is 19.2 Å². The standard InChI is InChI=1S/C18H24ClN3O/c1-12(2)10-15-14-6-4-5-9-20-18(14)22(21-15)16-11-13(19)7-8-17(16)23-3/h7-8,11-12,20H,4-6,9-10H2,1-3H3. The number of fused-ring (bicyclic) bond motifs is 1. The molecule has 0 aliphatic carbocycles. The molecule has 23 heavy (non-hydrogen) atoms. The van der Waals surface area contributed by atoms with E-state index in [4.69, 9.17) is 21.4 Å². The number of hydrogen-bond donors (Lipinski definition) is 1. The molecule has 2 heterocycles. The number of aromatic nitrogens is 2. The maximum absolute atomic E-state index is 6.21. The van der Waals surface area contributed by atoms with Crippen molar-refractivity contribution in [2.45, 2.75) is 39.5 Å². The first-order valence-corrected chi connectivity index (χ1v) is 8.66. The van der Waals surface area contributed by atoms with Crippen LogP contribution in [0.3, 0.4) is 0 Å². The molecule has 0 atom stereocenters. The summed E-state index contributed by atoms with van der Waals surface area (Å²) in [7, 11) is 1.68. The van der Waals surface area contributed by atoms with Gasteiger partial charge in [-0.3, -0.25) is 0 Å². The molecule has 2 aromatic rings. The van der Waals surface area contributed by atoms with E-state index >= 15 is 0 Å². The summed E-state index contributed by atoms with van der Waals surface area (Å²) in [6, 6.07) is 5.65. The van der Waals surface area contributed by atoms with Crippen molar-refractivity contribution in [3.8, 4) is 11.4 Å². The van der Waals surface area contributed by atoms with Gasteiger partial charge in [0.2, 0.25) is 0 Å². The van der Waals surface area contributed by atoms with E-state index in [-0.39, 0.29) is 0 Å². The molecule has 0 fully saturated rings. The fraction of sp³-hybridized carbons (Fsp3) is 0.500. The first-order chi connectivity index (χ1) is 11.1. The molecule has 3 rings (SSSR count). The second-order valence-electron chi connectivity index (χ2n) is 6.48. The van der Waals surface area contributed by atoms with Crippen LogP contribution in [0.4, 0.5) is 5.82 Å². The highest BCUT2D eigenvalue weighted by Gasteiger charge is 2.22. The minimum Gasteiger partial charge on any atom is -0.494 e. The monoisotopic (exact) mass is 333 g/mol. The van der Waals surface area contributed by atoms with Gasteiger partial charge in [-0.1, -0.05) is 25.4 Å². The van der Waals surface area contributed by atoms with Crippen LogP contribution in [0.15, 0.2) is 18.2 Å². The Morgan fingerprint density at radius 2 is 2.17 bits per heavy atom. The SMILES string of the molecule is COc1ccc(Cl)cc1-n1nc(CC(C)C)c2c1NCCCC2. The Labute approximate surface area is 142 Å². The maximum atomic E-state index is 6.21. The third-order valence-corrected chi connectivity index (χ3v) is 4.42. The average molecular weight is 334 g/mol. The summed E-state index contributed by atoms with van der Waals surface area (Å²) >= 11 is 6.21. The molecule has 0 unspecified atom stereocenters. The Kier molecular flexibility index (Phi) is 4.81. The normalized spacial score (nSPS) is 14.3. The van der Waals surface area contributed by atoms with E-state index in [0.29, 0.717) is 10.9 Å². The third-order valence-electron chi connectivity index (χ3n) is 4.18. The first-order valence-electron chi connectivity index (χ1n) is 8.28. The lowest BCUT2D eigenvalue weighted by Gasteiger charge is -2.13. The average Bonchev–Trinajstić information content (AvgIpc) is 2.71. The Bertz CT molecular complexity index is 694. The Hall–Kier alpha value is -1.68. The maximum Gasteiger partial charge on any atom is 0.144 e. The van der Waals surface area contributed by atoms with Crippen LogP contribution >= 0.6 is 11.6 Å². The summed E-state index contributed by atoms with van der Waals surface area (Å²) in [5, 5.41) is 9.15. The van der Waals surface area contributed by atoms with E-state index in [1.54, 1.807) is 7.11 Å². The van der Waals surface area contributed by atoms with Crippen molar-refractivity contribution in [3.63, 3.8) is 0 Å². The van der Waals surface area contributed by atoms with Gasteiger partial charge in [-0.05, 0) is 49.8 Å². The van der Waals surface area contributed by atoms with E-state index in [9.17, 15) is 0 Å². The van der Waals surface area contributed by atoms with E-state index in [1.807, 2.05) is 22.9 Å². The molecule has 0 saturated heterocycles. The highest BCUT2D eigenvalue weighted by Crippen LogP contribution is 2.34. The summed E-state index contributed by atoms with van der Waals surface area (Å²) in [5.41, 5.74) is 3.42. The van der Waals surface area contributed by atoms with E-state index in [0.717, 1.165) is 36.6 Å². The number of benzene rings is 1. The van der Waals surface area contributed by atoms with Gasteiger partial charge in [0.05, 0.1) is 12.8 Å². The van der Waals surface area contributed by atoms with Gasteiger partial charge in [-0.2, -0.15) is 5.10 Å². The van der Waals surface area contributed by atoms with Crippen LogP contribution < -0.4 is 10.1 Å². The molecule has 0 radical (unpaired) electrons. The van der Waals surface area contributed by atoms with Crippen molar-refractivity contribution in [1.29, 1.82) is 0 Å². The van der Waals surface area contributed by atoms with Gasteiger partial charge in [0.1, 0.15) is 17.3 Å². The van der Waals surface area contributed by atoms with Crippen LogP contribution in [0, 0.1) is 5.92 Å². The van der Waals surface area contributed by atoms with Crippen LogP contribution in [0.25, 0.3) is 5.69 Å². The molecule has 5 heteroatoms. The van der Waals surface area contributed by atoms with Gasteiger partial charge in [-0.25, -0.2) is 4.68 Å². The zero-order chi connectivity index (χ0) is 16.4. The van der Waals surface area contributed by atoms with Crippen LogP contribution in [0.5, 0.6) is 5.75 Å². The molecular weight excluding hydrogens is 310 g/mol. The minimum atomic E-state index is 0.576. The summed E-state index contributed by atoms with van der Waals surface area (Å²) in [6.07, 6.45) is 4.44.